The number of hydrogen-bond acceptors (Lipinski definition) is 3. The van der Waals surface area contributed by atoms with Crippen LogP contribution in [-0.4, -0.2) is 23.0 Å². The van der Waals surface area contributed by atoms with Crippen LogP contribution in [0.1, 0.15) is 34.5 Å². The van der Waals surface area contributed by atoms with Crippen molar-refractivity contribution in [3.05, 3.63) is 65.4 Å². The van der Waals surface area contributed by atoms with E-state index in [2.05, 4.69) is 20.9 Å². The van der Waals surface area contributed by atoms with Gasteiger partial charge in [0, 0.05) is 22.8 Å². The first kappa shape index (κ1) is 18.0. The van der Waals surface area contributed by atoms with Crippen molar-refractivity contribution in [1.82, 2.24) is 10.3 Å². The van der Waals surface area contributed by atoms with Crippen LogP contribution in [-0.2, 0) is 0 Å². The summed E-state index contributed by atoms with van der Waals surface area (Å²) in [7, 11) is 0. The Kier molecular flexibility index (Phi) is 4.69. The van der Waals surface area contributed by atoms with Gasteiger partial charge in [0.05, 0.1) is 16.8 Å². The zero-order valence-electron chi connectivity index (χ0n) is 15.9. The van der Waals surface area contributed by atoms with Crippen LogP contribution in [0.5, 0.6) is 0 Å². The van der Waals surface area contributed by atoms with Gasteiger partial charge in [-0.1, -0.05) is 12.1 Å². The van der Waals surface area contributed by atoms with Crippen LogP contribution in [0.25, 0.3) is 10.9 Å². The first-order chi connectivity index (χ1) is 13.5. The van der Waals surface area contributed by atoms with Crippen molar-refractivity contribution in [1.29, 1.82) is 0 Å². The van der Waals surface area contributed by atoms with E-state index in [-0.39, 0.29) is 11.9 Å². The van der Waals surface area contributed by atoms with Crippen LogP contribution in [0.3, 0.4) is 0 Å². The highest BCUT2D eigenvalue weighted by Crippen LogP contribution is 2.21. The molecule has 1 aromatic heterocycles. The number of anilines is 2. The van der Waals surface area contributed by atoms with Gasteiger partial charge >= 0.3 is 6.03 Å². The van der Waals surface area contributed by atoms with Crippen molar-refractivity contribution in [2.24, 2.45) is 0 Å². The van der Waals surface area contributed by atoms with Gasteiger partial charge in [-0.3, -0.25) is 9.78 Å². The van der Waals surface area contributed by atoms with Crippen molar-refractivity contribution in [2.45, 2.75) is 32.7 Å². The molecule has 0 bridgehead atoms. The summed E-state index contributed by atoms with van der Waals surface area (Å²) in [6, 6.07) is 15.0. The number of carbonyl (C=O) groups is 2. The van der Waals surface area contributed by atoms with Crippen LogP contribution >= 0.6 is 0 Å². The van der Waals surface area contributed by atoms with E-state index < -0.39 is 0 Å². The van der Waals surface area contributed by atoms with Gasteiger partial charge in [-0.05, 0) is 68.7 Å². The maximum absolute atomic E-state index is 12.7. The Hall–Kier alpha value is -3.41. The van der Waals surface area contributed by atoms with Gasteiger partial charge in [-0.15, -0.1) is 0 Å². The molecule has 1 heterocycles. The fourth-order valence-electron chi connectivity index (χ4n) is 3.02. The third-order valence-electron chi connectivity index (χ3n) is 4.72. The van der Waals surface area contributed by atoms with Gasteiger partial charge in [0.25, 0.3) is 5.91 Å². The Bertz CT molecular complexity index is 1060. The topological polar surface area (TPSA) is 83.1 Å². The molecule has 3 N–H and O–H groups in total. The third kappa shape index (κ3) is 4.11. The first-order valence-electron chi connectivity index (χ1n) is 9.35. The van der Waals surface area contributed by atoms with E-state index in [0.29, 0.717) is 28.7 Å². The monoisotopic (exact) mass is 374 g/mol. The SMILES string of the molecule is Cc1ccc2cc(C(=O)Nc3ccc(NC(=O)NC4CC4)cc3)c(C)nc2c1. The molecule has 6 heteroatoms. The molecule has 1 aliphatic rings. The second-order valence-corrected chi connectivity index (χ2v) is 7.22. The van der Waals surface area contributed by atoms with E-state index in [4.69, 9.17) is 0 Å². The average molecular weight is 374 g/mol. The molecule has 3 aromatic rings. The molecule has 3 amide bonds. The number of amides is 3. The van der Waals surface area contributed by atoms with E-state index in [1.165, 1.54) is 0 Å². The smallest absolute Gasteiger partial charge is 0.319 e. The third-order valence-corrected chi connectivity index (χ3v) is 4.72. The standard InChI is InChI=1S/C22H22N4O2/c1-13-3-4-15-12-19(14(2)23-20(15)11-13)21(27)24-16-5-7-17(8-6-16)25-22(28)26-18-9-10-18/h3-8,11-12,18H,9-10H2,1-2H3,(H,24,27)(H2,25,26,28). The molecular weight excluding hydrogens is 352 g/mol. The summed E-state index contributed by atoms with van der Waals surface area (Å²) in [4.78, 5) is 29.0. The minimum Gasteiger partial charge on any atom is -0.335 e. The second kappa shape index (κ2) is 7.31. The molecule has 142 valence electrons. The van der Waals surface area contributed by atoms with Crippen LogP contribution < -0.4 is 16.0 Å². The van der Waals surface area contributed by atoms with E-state index in [1.807, 2.05) is 38.1 Å². The molecular formula is C22H22N4O2. The zero-order chi connectivity index (χ0) is 19.7. The zero-order valence-corrected chi connectivity index (χ0v) is 15.9. The number of carbonyl (C=O) groups excluding carboxylic acids is 2. The molecule has 28 heavy (non-hydrogen) atoms. The summed E-state index contributed by atoms with van der Waals surface area (Å²) in [5.41, 5.74) is 4.58. The number of aromatic nitrogens is 1. The van der Waals surface area contributed by atoms with Gasteiger partial charge in [-0.25, -0.2) is 4.79 Å². The quantitative estimate of drug-likeness (QED) is 0.633. The Morgan fingerprint density at radius 2 is 1.61 bits per heavy atom. The molecule has 0 unspecified atom stereocenters. The molecule has 1 aliphatic carbocycles. The van der Waals surface area contributed by atoms with Gasteiger partial charge < -0.3 is 16.0 Å². The number of urea groups is 1. The minimum atomic E-state index is -0.209. The summed E-state index contributed by atoms with van der Waals surface area (Å²) in [6.45, 7) is 3.85. The molecule has 0 aliphatic heterocycles. The Balaban J connectivity index is 1.45. The lowest BCUT2D eigenvalue weighted by molar-refractivity contribution is 0.102. The van der Waals surface area contributed by atoms with Gasteiger partial charge in [0.2, 0.25) is 0 Å². The molecule has 1 fully saturated rings. The lowest BCUT2D eigenvalue weighted by atomic mass is 10.1. The number of fused-ring (bicyclic) bond motifs is 1. The summed E-state index contributed by atoms with van der Waals surface area (Å²) < 4.78 is 0. The van der Waals surface area contributed by atoms with Gasteiger partial charge in [-0.2, -0.15) is 0 Å². The Morgan fingerprint density at radius 1 is 0.929 bits per heavy atom. The molecule has 0 spiro atoms. The van der Waals surface area contributed by atoms with E-state index >= 15 is 0 Å². The Morgan fingerprint density at radius 3 is 2.29 bits per heavy atom. The maximum atomic E-state index is 12.7. The van der Waals surface area contributed by atoms with Crippen LogP contribution in [0.2, 0.25) is 0 Å². The molecule has 6 nitrogen and oxygen atoms in total. The highest BCUT2D eigenvalue weighted by molar-refractivity contribution is 6.07. The van der Waals surface area contributed by atoms with Crippen molar-refractivity contribution >= 4 is 34.2 Å². The van der Waals surface area contributed by atoms with E-state index in [1.54, 1.807) is 24.3 Å². The molecule has 2 aromatic carbocycles. The molecule has 0 radical (unpaired) electrons. The second-order valence-electron chi connectivity index (χ2n) is 7.22. The number of aryl methyl sites for hydroxylation is 2. The van der Waals surface area contributed by atoms with Crippen molar-refractivity contribution in [3.63, 3.8) is 0 Å². The number of pyridine rings is 1. The number of hydrogen-bond donors (Lipinski definition) is 3. The first-order valence-corrected chi connectivity index (χ1v) is 9.35. The largest absolute Gasteiger partial charge is 0.335 e. The molecule has 0 saturated heterocycles. The summed E-state index contributed by atoms with van der Waals surface area (Å²) >= 11 is 0. The highest BCUT2D eigenvalue weighted by atomic mass is 16.2. The van der Waals surface area contributed by atoms with Crippen molar-refractivity contribution < 1.29 is 9.59 Å². The summed E-state index contributed by atoms with van der Waals surface area (Å²) in [5.74, 6) is -0.209. The highest BCUT2D eigenvalue weighted by Gasteiger charge is 2.23. The predicted molar refractivity (Wildman–Crippen MR) is 111 cm³/mol. The number of nitrogens with zero attached hydrogens (tertiary/aromatic N) is 1. The van der Waals surface area contributed by atoms with Gasteiger partial charge in [0.1, 0.15) is 0 Å². The fourth-order valence-corrected chi connectivity index (χ4v) is 3.02. The van der Waals surface area contributed by atoms with Crippen LogP contribution in [0.4, 0.5) is 16.2 Å². The summed E-state index contributed by atoms with van der Waals surface area (Å²) in [6.07, 6.45) is 2.09. The fraction of sp³-hybridized carbons (Fsp3) is 0.227. The average Bonchev–Trinajstić information content (AvgIpc) is 3.46. The number of benzene rings is 2. The van der Waals surface area contributed by atoms with E-state index in [9.17, 15) is 9.59 Å². The molecule has 0 atom stereocenters. The van der Waals surface area contributed by atoms with Gasteiger partial charge in [0.15, 0.2) is 0 Å². The lowest BCUT2D eigenvalue weighted by Gasteiger charge is -2.10. The number of rotatable bonds is 4. The maximum Gasteiger partial charge on any atom is 0.319 e. The number of nitrogens with one attached hydrogen (secondary N) is 3. The normalized spacial score (nSPS) is 13.2. The van der Waals surface area contributed by atoms with Crippen LogP contribution in [0, 0.1) is 13.8 Å². The predicted octanol–water partition coefficient (Wildman–Crippen LogP) is 4.39. The van der Waals surface area contributed by atoms with Crippen molar-refractivity contribution in [3.8, 4) is 0 Å². The Labute approximate surface area is 163 Å². The molecule has 1 saturated carbocycles. The summed E-state index contributed by atoms with van der Waals surface area (Å²) in [5, 5.41) is 9.48. The van der Waals surface area contributed by atoms with E-state index in [0.717, 1.165) is 29.3 Å². The lowest BCUT2D eigenvalue weighted by Crippen LogP contribution is -2.30. The van der Waals surface area contributed by atoms with Crippen LogP contribution in [0.15, 0.2) is 48.5 Å². The van der Waals surface area contributed by atoms with Crippen molar-refractivity contribution in [2.75, 3.05) is 10.6 Å². The molecule has 4 rings (SSSR count). The minimum absolute atomic E-state index is 0.201.